The first kappa shape index (κ1) is 72.3. The van der Waals surface area contributed by atoms with Gasteiger partial charge in [-0.05, 0) is 102 Å². The number of alkyl halides is 3. The molecule has 4 fully saturated rings. The summed E-state index contributed by atoms with van der Waals surface area (Å²) in [5.74, 6) is -0.735. The molecule has 0 aromatic heterocycles. The van der Waals surface area contributed by atoms with Crippen LogP contribution >= 0.6 is 24.2 Å². The molecule has 8 rings (SSSR count). The van der Waals surface area contributed by atoms with Crippen molar-refractivity contribution in [2.75, 3.05) is 38.1 Å². The first-order valence-electron chi connectivity index (χ1n) is 23.4. The molecule has 12 nitrogen and oxygen atoms in total. The number of ketones is 2. The van der Waals surface area contributed by atoms with E-state index in [0.29, 0.717) is 53.8 Å². The molecule has 18 heteroatoms. The van der Waals surface area contributed by atoms with Crippen molar-refractivity contribution in [1.29, 1.82) is 0 Å². The van der Waals surface area contributed by atoms with E-state index < -0.39 is 21.4 Å². The Labute approximate surface area is 453 Å². The molecule has 4 aliphatic carbocycles. The van der Waals surface area contributed by atoms with Crippen LogP contribution in [0.1, 0.15) is 204 Å². The van der Waals surface area contributed by atoms with Crippen LogP contribution in [0.3, 0.4) is 0 Å². The maximum atomic E-state index is 13.9. The molecule has 404 valence electrons. The molecule has 6 aliphatic rings. The standard InChI is InChI=1S/C15H15NO3.C9H6ClNO2.C9H18FNO2S.C8H16FN.C6H10O.CH4S.5CH4.Li.H/c17-13-8-4-1-5-10(13)9-16-14(18)11-6-2-3-7-12(11)15(16)19;10-5-11-8(12)6-3-1-2-4-7(6)9(11)13;1-9(10)6-4-3-5-8(9)7-11-14(2,12)13;1-8(9)5-3-2-4-7(8)6-10;7-6-4-2-1-3-5-6;1-2;;;;;;;/h2-3,6-7,10H,1,4-5,8-9H2;1-4H,5H2;8,11H,3-7H2,1-2H3;7H,2-6,10H2,1H3;1-5H2;2H,1H3;5*1H4;;/q;;;;;;;;;;;+1;-1/i;;;;;1D;;;;;;;. The summed E-state index contributed by atoms with van der Waals surface area (Å²) in [6, 6.07) is 13.4. The molecule has 5 unspecified atom stereocenters. The molecule has 0 saturated heterocycles. The van der Waals surface area contributed by atoms with E-state index in [9.17, 15) is 46.0 Å². The largest absolute Gasteiger partial charge is 1.00 e. The van der Waals surface area contributed by atoms with Crippen molar-refractivity contribution in [3.63, 3.8) is 0 Å². The van der Waals surface area contributed by atoms with Crippen molar-refractivity contribution in [3.8, 4) is 0 Å². The molecule has 0 radical (unpaired) electrons. The van der Waals surface area contributed by atoms with Gasteiger partial charge in [-0.2, -0.15) is 12.6 Å². The van der Waals surface area contributed by atoms with Gasteiger partial charge in [0.25, 0.3) is 23.6 Å². The smallest absolute Gasteiger partial charge is 1.00 e. The number of halogens is 3. The van der Waals surface area contributed by atoms with Gasteiger partial charge < -0.3 is 7.16 Å². The number of thiol groups is 1. The Morgan fingerprint density at radius 3 is 1.39 bits per heavy atom. The molecule has 5 atom stereocenters. The van der Waals surface area contributed by atoms with Crippen molar-refractivity contribution in [3.05, 3.63) is 70.8 Å². The maximum absolute atomic E-state index is 13.9. The van der Waals surface area contributed by atoms with Crippen LogP contribution in [0, 0.1) is 17.8 Å². The fourth-order valence-electron chi connectivity index (χ4n) is 8.83. The van der Waals surface area contributed by atoms with Crippen molar-refractivity contribution in [2.24, 2.45) is 23.5 Å². The van der Waals surface area contributed by atoms with Crippen LogP contribution in [0.2, 0.25) is 0 Å². The van der Waals surface area contributed by atoms with E-state index in [1.807, 2.05) is 0 Å². The zero-order valence-corrected chi connectivity index (χ0v) is 41.6. The van der Waals surface area contributed by atoms with Crippen LogP contribution in [0.25, 0.3) is 0 Å². The number of carbonyl (C=O) groups is 6. The summed E-state index contributed by atoms with van der Waals surface area (Å²) in [4.78, 5) is 71.8. The summed E-state index contributed by atoms with van der Waals surface area (Å²) in [6.45, 7) is 4.23. The topological polar surface area (TPSA) is 181 Å². The van der Waals surface area contributed by atoms with Gasteiger partial charge in [-0.1, -0.05) is 99.9 Å². The number of hydrogen-bond acceptors (Lipinski definition) is 10. The predicted molar refractivity (Wildman–Crippen MR) is 289 cm³/mol. The summed E-state index contributed by atoms with van der Waals surface area (Å²) >= 11 is 8.93. The van der Waals surface area contributed by atoms with Gasteiger partial charge in [-0.15, -0.1) is 11.6 Å². The molecular formula is C53H90ClF2LiN4O8S2. The number of nitrogens with two attached hydrogens (primary N) is 1. The van der Waals surface area contributed by atoms with Crippen molar-refractivity contribution in [1.82, 2.24) is 14.5 Å². The Morgan fingerprint density at radius 2 is 1.07 bits per heavy atom. The van der Waals surface area contributed by atoms with Crippen LogP contribution in [0.5, 0.6) is 0 Å². The van der Waals surface area contributed by atoms with Crippen molar-refractivity contribution < 1.29 is 67.6 Å². The second-order valence-corrected chi connectivity index (χ2v) is 19.8. The number of amides is 4. The van der Waals surface area contributed by atoms with Crippen LogP contribution in [-0.4, -0.2) is 103 Å². The Kier molecular flexibility index (Phi) is 36.7. The molecule has 2 aromatic carbocycles. The first-order valence-corrected chi connectivity index (χ1v) is 25.7. The number of sulfonamides is 1. The van der Waals surface area contributed by atoms with E-state index in [-0.39, 0.29) is 130 Å². The van der Waals surface area contributed by atoms with Gasteiger partial charge >= 0.3 is 18.9 Å². The Hall–Kier alpha value is -2.97. The third-order valence-electron chi connectivity index (χ3n) is 12.9. The SMILES string of the molecule is C.C.C.C.C.CC1(F)CCCCC1CN.CC1(F)CCCCC1CNS(C)(=O)=O.O=C1CCCCC1.O=C1CCCCC1CN1C(=O)c2ccccc2C1=O.O=C1c2ccccc2C(=O)N1CCl.[2H]CS.[H-].[Li+]. The molecule has 71 heavy (non-hydrogen) atoms. The molecule has 2 aliphatic heterocycles. The van der Waals surface area contributed by atoms with Crippen LogP contribution in [0.4, 0.5) is 8.78 Å². The van der Waals surface area contributed by atoms with E-state index in [1.165, 1.54) is 11.3 Å². The minimum Gasteiger partial charge on any atom is -1.00 e. The number of benzene rings is 2. The Bertz CT molecular complexity index is 2020. The van der Waals surface area contributed by atoms with Gasteiger partial charge in [-0.25, -0.2) is 21.9 Å². The second kappa shape index (κ2) is 36.1. The van der Waals surface area contributed by atoms with E-state index >= 15 is 0 Å². The second-order valence-electron chi connectivity index (χ2n) is 17.8. The summed E-state index contributed by atoms with van der Waals surface area (Å²) in [7, 11) is -3.19. The number of carbonyl (C=O) groups excluding carboxylic acids is 6. The summed E-state index contributed by atoms with van der Waals surface area (Å²) in [5.41, 5.74) is 5.03. The molecule has 4 saturated carbocycles. The van der Waals surface area contributed by atoms with Crippen LogP contribution < -0.4 is 29.3 Å². The molecule has 4 amide bonds. The minimum atomic E-state index is -3.19. The average molecular weight is 1060 g/mol. The van der Waals surface area contributed by atoms with Gasteiger partial charge in [0.15, 0.2) is 0 Å². The zero-order valence-electron chi connectivity index (χ0n) is 41.1. The first-order chi connectivity index (χ1) is 31.2. The van der Waals surface area contributed by atoms with E-state index in [4.69, 9.17) is 18.7 Å². The molecule has 2 heterocycles. The van der Waals surface area contributed by atoms with Crippen LogP contribution in [-0.2, 0) is 19.6 Å². The van der Waals surface area contributed by atoms with Gasteiger partial charge in [0.1, 0.15) is 28.9 Å². The monoisotopic (exact) mass is 1060 g/mol. The van der Waals surface area contributed by atoms with E-state index in [0.717, 1.165) is 94.6 Å². The third kappa shape index (κ3) is 22.6. The fourth-order valence-corrected chi connectivity index (χ4v) is 9.55. The van der Waals surface area contributed by atoms with E-state index in [1.54, 1.807) is 62.4 Å². The quantitative estimate of drug-likeness (QED) is 0.0801. The van der Waals surface area contributed by atoms with E-state index in [2.05, 4.69) is 17.4 Å². The van der Waals surface area contributed by atoms with Crippen molar-refractivity contribution >= 4 is 69.4 Å². The number of fused-ring (bicyclic) bond motifs is 2. The number of rotatable bonds is 7. The zero-order chi connectivity index (χ0) is 49.1. The normalized spacial score (nSPS) is 24.0. The number of imide groups is 2. The van der Waals surface area contributed by atoms with Crippen molar-refractivity contribution in [2.45, 2.75) is 171 Å². The predicted octanol–water partition coefficient (Wildman–Crippen LogP) is 9.20. The fraction of sp³-hybridized carbons (Fsp3) is 0.660. The molecule has 0 bridgehead atoms. The maximum Gasteiger partial charge on any atom is 1.00 e. The molecular weight excluding hydrogens is 965 g/mol. The van der Waals surface area contributed by atoms with Gasteiger partial charge in [0.2, 0.25) is 10.0 Å². The van der Waals surface area contributed by atoms with Gasteiger partial charge in [0.05, 0.1) is 28.5 Å². The van der Waals surface area contributed by atoms with Gasteiger partial charge in [-0.3, -0.25) is 38.6 Å². The average Bonchev–Trinajstić information content (AvgIpc) is 3.67. The Balaban J connectivity index is -0.000000261. The summed E-state index contributed by atoms with van der Waals surface area (Å²) in [5, 5.41) is 0. The summed E-state index contributed by atoms with van der Waals surface area (Å²) < 4.78 is 57.5. The Morgan fingerprint density at radius 1 is 0.690 bits per heavy atom. The van der Waals surface area contributed by atoms with Gasteiger partial charge in [0, 0.05) is 51.5 Å². The number of nitrogens with one attached hydrogen (secondary N) is 1. The van der Waals surface area contributed by atoms with Crippen LogP contribution in [0.15, 0.2) is 48.5 Å². The molecule has 3 N–H and O–H groups in total. The third-order valence-corrected chi connectivity index (χ3v) is 13.8. The molecule has 0 spiro atoms. The number of Topliss-reactive ketones (excluding diaryl/α,β-unsaturated/α-hetero) is 2. The molecule has 2 aromatic rings. The summed E-state index contributed by atoms with van der Waals surface area (Å²) in [6.07, 6.45) is 16.9. The number of nitrogens with zero attached hydrogens (tertiary/aromatic N) is 2. The number of hydrogen-bond donors (Lipinski definition) is 3. The minimum absolute atomic E-state index is 0.